The Morgan fingerprint density at radius 1 is 1.17 bits per heavy atom. The average molecular weight is 308 g/mol. The number of aromatic nitrogens is 4. The molecule has 0 bridgehead atoms. The smallest absolute Gasteiger partial charge is 0.227 e. The van der Waals surface area contributed by atoms with Crippen molar-refractivity contribution in [1.29, 1.82) is 0 Å². The Morgan fingerprint density at radius 3 is 2.74 bits per heavy atom. The lowest BCUT2D eigenvalue weighted by Gasteiger charge is -2.16. The highest BCUT2D eigenvalue weighted by atomic mass is 16.2. The SMILES string of the molecule is Cn1ncc2c(Nc3ccc(N4CCCC4=O)cc3)ncnc21. The van der Waals surface area contributed by atoms with E-state index in [2.05, 4.69) is 20.4 Å². The van der Waals surface area contributed by atoms with Crippen LogP contribution >= 0.6 is 0 Å². The summed E-state index contributed by atoms with van der Waals surface area (Å²) in [5.41, 5.74) is 2.62. The van der Waals surface area contributed by atoms with Crippen molar-refractivity contribution in [2.45, 2.75) is 12.8 Å². The topological polar surface area (TPSA) is 75.9 Å². The van der Waals surface area contributed by atoms with Gasteiger partial charge in [0.15, 0.2) is 5.65 Å². The maximum absolute atomic E-state index is 11.8. The molecule has 3 heterocycles. The molecule has 0 spiro atoms. The molecule has 1 aliphatic rings. The Morgan fingerprint density at radius 2 is 2.00 bits per heavy atom. The molecule has 116 valence electrons. The molecule has 4 rings (SSSR count). The number of benzene rings is 1. The zero-order valence-corrected chi connectivity index (χ0v) is 12.7. The van der Waals surface area contributed by atoms with Crippen molar-refractivity contribution in [1.82, 2.24) is 19.7 Å². The van der Waals surface area contributed by atoms with Crippen molar-refractivity contribution in [3.63, 3.8) is 0 Å². The minimum atomic E-state index is 0.193. The molecule has 0 radical (unpaired) electrons. The number of anilines is 3. The van der Waals surface area contributed by atoms with Gasteiger partial charge in [0.25, 0.3) is 0 Å². The lowest BCUT2D eigenvalue weighted by molar-refractivity contribution is -0.117. The van der Waals surface area contributed by atoms with Crippen molar-refractivity contribution < 1.29 is 4.79 Å². The first-order valence-corrected chi connectivity index (χ1v) is 7.52. The Hall–Kier alpha value is -2.96. The third-order valence-corrected chi connectivity index (χ3v) is 4.04. The van der Waals surface area contributed by atoms with Crippen LogP contribution in [-0.4, -0.2) is 32.2 Å². The van der Waals surface area contributed by atoms with Gasteiger partial charge < -0.3 is 10.2 Å². The number of aryl methyl sites for hydroxylation is 1. The molecule has 1 aromatic carbocycles. The molecular weight excluding hydrogens is 292 g/mol. The Kier molecular flexibility index (Phi) is 3.18. The van der Waals surface area contributed by atoms with Crippen LogP contribution in [0.1, 0.15) is 12.8 Å². The maximum Gasteiger partial charge on any atom is 0.227 e. The lowest BCUT2D eigenvalue weighted by atomic mass is 10.2. The van der Waals surface area contributed by atoms with E-state index in [1.54, 1.807) is 10.9 Å². The van der Waals surface area contributed by atoms with Gasteiger partial charge in [0.2, 0.25) is 5.91 Å². The fourth-order valence-corrected chi connectivity index (χ4v) is 2.84. The summed E-state index contributed by atoms with van der Waals surface area (Å²) in [4.78, 5) is 22.1. The van der Waals surface area contributed by atoms with Gasteiger partial charge in [-0.3, -0.25) is 9.48 Å². The Labute approximate surface area is 133 Å². The van der Waals surface area contributed by atoms with Gasteiger partial charge in [0.05, 0.1) is 11.6 Å². The minimum absolute atomic E-state index is 0.193. The van der Waals surface area contributed by atoms with Crippen molar-refractivity contribution >= 4 is 34.1 Å². The minimum Gasteiger partial charge on any atom is -0.340 e. The van der Waals surface area contributed by atoms with E-state index in [1.165, 1.54) is 6.33 Å². The molecule has 1 N–H and O–H groups in total. The second-order valence-corrected chi connectivity index (χ2v) is 5.55. The van der Waals surface area contributed by atoms with E-state index >= 15 is 0 Å². The van der Waals surface area contributed by atoms with Gasteiger partial charge in [0, 0.05) is 31.4 Å². The van der Waals surface area contributed by atoms with E-state index in [0.29, 0.717) is 12.2 Å². The lowest BCUT2D eigenvalue weighted by Crippen LogP contribution is -2.23. The van der Waals surface area contributed by atoms with Crippen molar-refractivity contribution in [2.24, 2.45) is 7.05 Å². The van der Waals surface area contributed by atoms with Gasteiger partial charge in [-0.25, -0.2) is 9.97 Å². The van der Waals surface area contributed by atoms with E-state index in [4.69, 9.17) is 0 Å². The molecule has 7 heteroatoms. The van der Waals surface area contributed by atoms with Gasteiger partial charge >= 0.3 is 0 Å². The summed E-state index contributed by atoms with van der Waals surface area (Å²) in [5, 5.41) is 8.35. The van der Waals surface area contributed by atoms with Gasteiger partial charge in [-0.05, 0) is 30.7 Å². The largest absolute Gasteiger partial charge is 0.340 e. The molecule has 3 aromatic rings. The fraction of sp³-hybridized carbons (Fsp3) is 0.250. The van der Waals surface area contributed by atoms with E-state index in [1.807, 2.05) is 36.2 Å². The Balaban J connectivity index is 1.60. The van der Waals surface area contributed by atoms with Crippen LogP contribution in [0.2, 0.25) is 0 Å². The number of hydrogen-bond donors (Lipinski definition) is 1. The molecule has 1 aliphatic heterocycles. The quantitative estimate of drug-likeness (QED) is 0.803. The molecule has 1 fully saturated rings. The van der Waals surface area contributed by atoms with Crippen LogP contribution in [0.15, 0.2) is 36.8 Å². The van der Waals surface area contributed by atoms with Gasteiger partial charge in [-0.15, -0.1) is 0 Å². The van der Waals surface area contributed by atoms with E-state index < -0.39 is 0 Å². The number of nitrogens with one attached hydrogen (secondary N) is 1. The summed E-state index contributed by atoms with van der Waals surface area (Å²) in [6.45, 7) is 0.799. The third-order valence-electron chi connectivity index (χ3n) is 4.04. The van der Waals surface area contributed by atoms with Crippen molar-refractivity contribution in [3.8, 4) is 0 Å². The van der Waals surface area contributed by atoms with E-state index in [0.717, 1.165) is 35.4 Å². The number of hydrogen-bond acceptors (Lipinski definition) is 5. The molecule has 2 aromatic heterocycles. The summed E-state index contributed by atoms with van der Waals surface area (Å²) < 4.78 is 1.71. The summed E-state index contributed by atoms with van der Waals surface area (Å²) in [5.74, 6) is 0.909. The zero-order valence-electron chi connectivity index (χ0n) is 12.7. The third kappa shape index (κ3) is 2.40. The van der Waals surface area contributed by atoms with Crippen LogP contribution in [-0.2, 0) is 11.8 Å². The monoisotopic (exact) mass is 308 g/mol. The highest BCUT2D eigenvalue weighted by molar-refractivity contribution is 5.95. The molecule has 1 saturated heterocycles. The number of rotatable bonds is 3. The number of nitrogens with zero attached hydrogens (tertiary/aromatic N) is 5. The van der Waals surface area contributed by atoms with E-state index in [-0.39, 0.29) is 5.91 Å². The number of carbonyl (C=O) groups is 1. The number of amides is 1. The maximum atomic E-state index is 11.8. The van der Waals surface area contributed by atoms with Crippen LogP contribution in [0.3, 0.4) is 0 Å². The summed E-state index contributed by atoms with van der Waals surface area (Å²) >= 11 is 0. The first kappa shape index (κ1) is 13.7. The molecule has 23 heavy (non-hydrogen) atoms. The van der Waals surface area contributed by atoms with Crippen LogP contribution in [0, 0.1) is 0 Å². The zero-order chi connectivity index (χ0) is 15.8. The van der Waals surface area contributed by atoms with Crippen LogP contribution in [0.4, 0.5) is 17.2 Å². The van der Waals surface area contributed by atoms with E-state index in [9.17, 15) is 4.79 Å². The summed E-state index contributed by atoms with van der Waals surface area (Å²) in [6.07, 6.45) is 4.83. The number of carbonyl (C=O) groups excluding carboxylic acids is 1. The predicted octanol–water partition coefficient (Wildman–Crippen LogP) is 2.23. The molecule has 1 amide bonds. The van der Waals surface area contributed by atoms with Crippen LogP contribution in [0.5, 0.6) is 0 Å². The van der Waals surface area contributed by atoms with Crippen LogP contribution < -0.4 is 10.2 Å². The molecular formula is C16H16N6O. The molecule has 0 unspecified atom stereocenters. The highest BCUT2D eigenvalue weighted by Crippen LogP contribution is 2.26. The van der Waals surface area contributed by atoms with Crippen LogP contribution in [0.25, 0.3) is 11.0 Å². The second kappa shape index (κ2) is 5.35. The van der Waals surface area contributed by atoms with Gasteiger partial charge in [0.1, 0.15) is 12.1 Å². The Bertz CT molecular complexity index is 870. The molecule has 7 nitrogen and oxygen atoms in total. The van der Waals surface area contributed by atoms with Crippen molar-refractivity contribution in [2.75, 3.05) is 16.8 Å². The molecule has 0 saturated carbocycles. The number of fused-ring (bicyclic) bond motifs is 1. The standard InChI is InChI=1S/C16H16N6O/c1-21-16-13(9-19-21)15(17-10-18-16)20-11-4-6-12(7-5-11)22-8-2-3-14(22)23/h4-7,9-10H,2-3,8H2,1H3,(H,17,18,20). The normalized spacial score (nSPS) is 14.7. The van der Waals surface area contributed by atoms with Gasteiger partial charge in [-0.1, -0.05) is 0 Å². The predicted molar refractivity (Wildman–Crippen MR) is 87.6 cm³/mol. The molecule has 0 atom stereocenters. The summed E-state index contributed by atoms with van der Waals surface area (Å²) in [7, 11) is 1.85. The fourth-order valence-electron chi connectivity index (χ4n) is 2.84. The average Bonchev–Trinajstić information content (AvgIpc) is 3.16. The molecule has 0 aliphatic carbocycles. The first-order chi connectivity index (χ1) is 11.2. The highest BCUT2D eigenvalue weighted by Gasteiger charge is 2.21. The first-order valence-electron chi connectivity index (χ1n) is 7.52. The second-order valence-electron chi connectivity index (χ2n) is 5.55. The van der Waals surface area contributed by atoms with Gasteiger partial charge in [-0.2, -0.15) is 5.10 Å². The van der Waals surface area contributed by atoms with Crippen molar-refractivity contribution in [3.05, 3.63) is 36.8 Å². The summed E-state index contributed by atoms with van der Waals surface area (Å²) in [6, 6.07) is 7.80.